The van der Waals surface area contributed by atoms with Crippen LogP contribution >= 0.6 is 0 Å². The van der Waals surface area contributed by atoms with Gasteiger partial charge in [-0.2, -0.15) is 0 Å². The maximum absolute atomic E-state index is 12.8. The fraction of sp³-hybridized carbons (Fsp3) is 0.524. The molecule has 1 aromatic carbocycles. The van der Waals surface area contributed by atoms with Crippen LogP contribution in [-0.4, -0.2) is 74.0 Å². The minimum Gasteiger partial charge on any atom is -0.497 e. The van der Waals surface area contributed by atoms with Gasteiger partial charge in [0.2, 0.25) is 5.91 Å². The molecule has 0 saturated carbocycles. The second kappa shape index (κ2) is 9.10. The summed E-state index contributed by atoms with van der Waals surface area (Å²) in [4.78, 5) is 32.0. The molecule has 1 fully saturated rings. The van der Waals surface area contributed by atoms with Gasteiger partial charge in [0.15, 0.2) is 0 Å². The summed E-state index contributed by atoms with van der Waals surface area (Å²) in [5.41, 5.74) is 1.50. The van der Waals surface area contributed by atoms with Gasteiger partial charge in [-0.1, -0.05) is 0 Å². The molecule has 152 valence electrons. The number of likely N-dealkylation sites (tertiary alicyclic amines) is 1. The van der Waals surface area contributed by atoms with Crippen molar-refractivity contribution in [2.75, 3.05) is 47.4 Å². The summed E-state index contributed by atoms with van der Waals surface area (Å²) >= 11 is 0. The summed E-state index contributed by atoms with van der Waals surface area (Å²) in [6, 6.07) is 7.62. The first kappa shape index (κ1) is 20.2. The van der Waals surface area contributed by atoms with E-state index in [0.29, 0.717) is 37.7 Å². The number of fused-ring (bicyclic) bond motifs is 1. The Morgan fingerprint density at radius 2 is 2.00 bits per heavy atom. The van der Waals surface area contributed by atoms with Crippen LogP contribution in [0.3, 0.4) is 0 Å². The van der Waals surface area contributed by atoms with Crippen molar-refractivity contribution in [2.45, 2.75) is 19.3 Å². The molecule has 1 aliphatic heterocycles. The number of carbonyl (C=O) groups is 2. The highest BCUT2D eigenvalue weighted by atomic mass is 16.5. The number of hydrogen-bond donors (Lipinski definition) is 2. The highest BCUT2D eigenvalue weighted by Gasteiger charge is 2.26. The Bertz CT molecular complexity index is 822. The second-order valence-corrected chi connectivity index (χ2v) is 7.73. The van der Waals surface area contributed by atoms with Crippen molar-refractivity contribution in [1.82, 2.24) is 20.1 Å². The van der Waals surface area contributed by atoms with Crippen molar-refractivity contribution in [3.63, 3.8) is 0 Å². The summed E-state index contributed by atoms with van der Waals surface area (Å²) in [6.45, 7) is 2.89. The lowest BCUT2D eigenvalue weighted by Crippen LogP contribution is -2.40. The van der Waals surface area contributed by atoms with Crippen LogP contribution in [0.1, 0.15) is 29.8 Å². The molecule has 7 nitrogen and oxygen atoms in total. The van der Waals surface area contributed by atoms with E-state index < -0.39 is 0 Å². The van der Waals surface area contributed by atoms with E-state index in [1.54, 1.807) is 7.11 Å². The summed E-state index contributed by atoms with van der Waals surface area (Å²) in [5, 5.41) is 3.96. The van der Waals surface area contributed by atoms with Gasteiger partial charge < -0.3 is 24.8 Å². The van der Waals surface area contributed by atoms with Gasteiger partial charge in [-0.15, -0.1) is 0 Å². The Balaban J connectivity index is 1.50. The number of benzene rings is 1. The third kappa shape index (κ3) is 5.04. The van der Waals surface area contributed by atoms with Gasteiger partial charge in [0.1, 0.15) is 11.4 Å². The molecule has 3 rings (SSSR count). The molecule has 1 aliphatic rings. The maximum atomic E-state index is 12.8. The van der Waals surface area contributed by atoms with Crippen LogP contribution in [-0.2, 0) is 4.79 Å². The number of amides is 2. The molecular weight excluding hydrogens is 356 g/mol. The number of hydrogen-bond acceptors (Lipinski definition) is 4. The zero-order valence-electron chi connectivity index (χ0n) is 17.0. The van der Waals surface area contributed by atoms with E-state index in [9.17, 15) is 9.59 Å². The summed E-state index contributed by atoms with van der Waals surface area (Å²) in [6.07, 6.45) is 2.27. The topological polar surface area (TPSA) is 77.7 Å². The van der Waals surface area contributed by atoms with Gasteiger partial charge in [0, 0.05) is 49.6 Å². The maximum Gasteiger partial charge on any atom is 0.270 e. The van der Waals surface area contributed by atoms with Crippen LogP contribution in [0.15, 0.2) is 24.3 Å². The lowest BCUT2D eigenvalue weighted by atomic mass is 9.93. The third-order valence-corrected chi connectivity index (χ3v) is 5.32. The fourth-order valence-electron chi connectivity index (χ4n) is 3.61. The van der Waals surface area contributed by atoms with Crippen molar-refractivity contribution in [2.24, 2.45) is 5.92 Å². The predicted molar refractivity (Wildman–Crippen MR) is 110 cm³/mol. The van der Waals surface area contributed by atoms with Crippen LogP contribution < -0.4 is 10.1 Å². The van der Waals surface area contributed by atoms with Gasteiger partial charge in [-0.25, -0.2) is 0 Å². The molecule has 0 radical (unpaired) electrons. The molecule has 2 amide bonds. The van der Waals surface area contributed by atoms with Crippen LogP contribution in [0, 0.1) is 5.92 Å². The monoisotopic (exact) mass is 386 g/mol. The van der Waals surface area contributed by atoms with Crippen molar-refractivity contribution < 1.29 is 14.3 Å². The largest absolute Gasteiger partial charge is 0.497 e. The first-order valence-electron chi connectivity index (χ1n) is 9.83. The Labute approximate surface area is 166 Å². The minimum atomic E-state index is 0.0176. The third-order valence-electron chi connectivity index (χ3n) is 5.32. The molecule has 0 atom stereocenters. The molecular formula is C21H30N4O3. The lowest BCUT2D eigenvalue weighted by molar-refractivity contribution is -0.122. The highest BCUT2D eigenvalue weighted by molar-refractivity contribution is 5.98. The molecule has 1 aromatic heterocycles. The first-order chi connectivity index (χ1) is 13.5. The van der Waals surface area contributed by atoms with Crippen LogP contribution in [0.2, 0.25) is 0 Å². The number of likely N-dealkylation sites (N-methyl/N-ethyl adjacent to an activating group) is 1. The number of rotatable bonds is 7. The Kier molecular flexibility index (Phi) is 6.57. The van der Waals surface area contributed by atoms with E-state index in [2.05, 4.69) is 10.3 Å². The average molecular weight is 386 g/mol. The summed E-state index contributed by atoms with van der Waals surface area (Å²) in [5.74, 6) is 1.23. The molecule has 2 heterocycles. The Hall–Kier alpha value is -2.54. The number of aromatic nitrogens is 1. The van der Waals surface area contributed by atoms with Gasteiger partial charge >= 0.3 is 0 Å². The fourth-order valence-corrected chi connectivity index (χ4v) is 3.61. The van der Waals surface area contributed by atoms with E-state index in [1.165, 1.54) is 0 Å². The van der Waals surface area contributed by atoms with E-state index in [0.717, 1.165) is 36.0 Å². The van der Waals surface area contributed by atoms with Crippen LogP contribution in [0.4, 0.5) is 0 Å². The number of carbonyl (C=O) groups excluding carboxylic acids is 2. The van der Waals surface area contributed by atoms with Crippen molar-refractivity contribution in [3.05, 3.63) is 30.0 Å². The number of ether oxygens (including phenoxy) is 1. The number of H-pyrrole nitrogens is 1. The number of aromatic amines is 1. The van der Waals surface area contributed by atoms with Crippen LogP contribution in [0.5, 0.6) is 5.75 Å². The summed E-state index contributed by atoms with van der Waals surface area (Å²) < 4.78 is 5.24. The molecule has 7 heteroatoms. The van der Waals surface area contributed by atoms with E-state index in [4.69, 9.17) is 4.74 Å². The van der Waals surface area contributed by atoms with Crippen molar-refractivity contribution >= 4 is 22.7 Å². The molecule has 2 aromatic rings. The van der Waals surface area contributed by atoms with Crippen molar-refractivity contribution in [1.29, 1.82) is 0 Å². The zero-order valence-corrected chi connectivity index (χ0v) is 17.0. The Morgan fingerprint density at radius 3 is 2.68 bits per heavy atom. The Morgan fingerprint density at radius 1 is 1.25 bits per heavy atom. The van der Waals surface area contributed by atoms with Gasteiger partial charge in [0.05, 0.1) is 7.11 Å². The lowest BCUT2D eigenvalue weighted by Gasteiger charge is -2.31. The smallest absolute Gasteiger partial charge is 0.270 e. The SMILES string of the molecule is COc1ccc2cc(C(=O)N3CCC(CC(=O)NCCN(C)C)CC3)[nH]c2c1. The first-order valence-corrected chi connectivity index (χ1v) is 9.83. The average Bonchev–Trinajstić information content (AvgIpc) is 3.10. The molecule has 0 spiro atoms. The highest BCUT2D eigenvalue weighted by Crippen LogP contribution is 2.24. The standard InChI is InChI=1S/C21H30N4O3/c1-24(2)11-8-22-20(26)12-15-6-9-25(10-7-15)21(27)19-13-16-4-5-17(28-3)14-18(16)23-19/h4-5,13-15,23H,6-12H2,1-3H3,(H,22,26). The quantitative estimate of drug-likeness (QED) is 0.764. The van der Waals surface area contributed by atoms with Gasteiger partial charge in [-0.05, 0) is 51.1 Å². The minimum absolute atomic E-state index is 0.0176. The molecule has 1 saturated heterocycles. The molecule has 0 aliphatic carbocycles. The normalized spacial score (nSPS) is 15.2. The van der Waals surface area contributed by atoms with Gasteiger partial charge in [0.25, 0.3) is 5.91 Å². The molecule has 0 unspecified atom stereocenters. The number of nitrogens with one attached hydrogen (secondary N) is 2. The molecule has 0 bridgehead atoms. The van der Waals surface area contributed by atoms with E-state index in [1.807, 2.05) is 48.2 Å². The second-order valence-electron chi connectivity index (χ2n) is 7.73. The summed E-state index contributed by atoms with van der Waals surface area (Å²) in [7, 11) is 5.61. The molecule has 28 heavy (non-hydrogen) atoms. The predicted octanol–water partition coefficient (Wildman–Crippen LogP) is 2.10. The zero-order chi connectivity index (χ0) is 20.1. The van der Waals surface area contributed by atoms with E-state index in [-0.39, 0.29) is 11.8 Å². The van der Waals surface area contributed by atoms with Crippen molar-refractivity contribution in [3.8, 4) is 5.75 Å². The number of methoxy groups -OCH3 is 1. The molecule has 2 N–H and O–H groups in total. The van der Waals surface area contributed by atoms with Gasteiger partial charge in [-0.3, -0.25) is 9.59 Å². The van der Waals surface area contributed by atoms with Crippen LogP contribution in [0.25, 0.3) is 10.9 Å². The number of piperidine rings is 1. The van der Waals surface area contributed by atoms with E-state index >= 15 is 0 Å². The number of nitrogens with zero attached hydrogens (tertiary/aromatic N) is 2.